The Kier molecular flexibility index (Phi) is 2.51. The van der Waals surface area contributed by atoms with Crippen molar-refractivity contribution in [1.82, 2.24) is 15.2 Å². The molecule has 1 heterocycles. The Morgan fingerprint density at radius 2 is 2.13 bits per heavy atom. The van der Waals surface area contributed by atoms with Crippen LogP contribution in [0.4, 0.5) is 0 Å². The van der Waals surface area contributed by atoms with Crippen LogP contribution in [-0.2, 0) is 6.54 Å². The van der Waals surface area contributed by atoms with E-state index in [4.69, 9.17) is 5.73 Å². The van der Waals surface area contributed by atoms with Crippen molar-refractivity contribution < 1.29 is 0 Å². The van der Waals surface area contributed by atoms with Gasteiger partial charge in [0.25, 0.3) is 0 Å². The molecule has 15 heavy (non-hydrogen) atoms. The molecular weight excluding hydrogens is 188 g/mol. The summed E-state index contributed by atoms with van der Waals surface area (Å²) in [6, 6.07) is 6.21. The van der Waals surface area contributed by atoms with Crippen LogP contribution in [0.25, 0.3) is 11.4 Å². The van der Waals surface area contributed by atoms with Gasteiger partial charge in [-0.15, -0.1) is 0 Å². The summed E-state index contributed by atoms with van der Waals surface area (Å²) in [5.41, 5.74) is 8.94. The minimum Gasteiger partial charge on any atom is -0.324 e. The number of aryl methyl sites for hydroxylation is 2. The van der Waals surface area contributed by atoms with Crippen molar-refractivity contribution in [3.05, 3.63) is 35.2 Å². The number of nitrogens with zero attached hydrogens (tertiary/aromatic N) is 2. The van der Waals surface area contributed by atoms with Gasteiger partial charge in [-0.25, -0.2) is 4.98 Å². The second-order valence-corrected chi connectivity index (χ2v) is 3.63. The maximum absolute atomic E-state index is 5.47. The fraction of sp³-hybridized carbons (Fsp3) is 0.273. The third kappa shape index (κ3) is 1.89. The molecule has 1 aromatic carbocycles. The van der Waals surface area contributed by atoms with Crippen molar-refractivity contribution in [2.45, 2.75) is 20.4 Å². The molecule has 0 amide bonds. The third-order valence-corrected chi connectivity index (χ3v) is 2.35. The molecule has 0 saturated carbocycles. The first-order valence-electron chi connectivity index (χ1n) is 4.89. The Balaban J connectivity index is 2.44. The second-order valence-electron chi connectivity index (χ2n) is 3.63. The van der Waals surface area contributed by atoms with Crippen LogP contribution in [0.15, 0.2) is 18.2 Å². The van der Waals surface area contributed by atoms with Gasteiger partial charge in [0.1, 0.15) is 5.82 Å². The molecule has 0 aliphatic heterocycles. The lowest BCUT2D eigenvalue weighted by molar-refractivity contribution is 0.917. The van der Waals surface area contributed by atoms with Gasteiger partial charge in [-0.3, -0.25) is 5.10 Å². The van der Waals surface area contributed by atoms with Crippen molar-refractivity contribution >= 4 is 0 Å². The van der Waals surface area contributed by atoms with Gasteiger partial charge in [0.05, 0.1) is 6.54 Å². The SMILES string of the molecule is Cc1ccc(-c2n[nH]c(CN)n2)c(C)c1. The molecule has 0 fully saturated rings. The van der Waals surface area contributed by atoms with Crippen LogP contribution in [-0.4, -0.2) is 15.2 Å². The number of benzene rings is 1. The van der Waals surface area contributed by atoms with Crippen LogP contribution in [0.1, 0.15) is 17.0 Å². The van der Waals surface area contributed by atoms with Crippen LogP contribution >= 0.6 is 0 Å². The smallest absolute Gasteiger partial charge is 0.181 e. The van der Waals surface area contributed by atoms with Crippen molar-refractivity contribution in [1.29, 1.82) is 0 Å². The van der Waals surface area contributed by atoms with E-state index in [2.05, 4.69) is 41.2 Å². The molecule has 4 nitrogen and oxygen atoms in total. The van der Waals surface area contributed by atoms with E-state index in [1.54, 1.807) is 0 Å². The number of nitrogens with two attached hydrogens (primary N) is 1. The van der Waals surface area contributed by atoms with Crippen molar-refractivity contribution in [2.75, 3.05) is 0 Å². The summed E-state index contributed by atoms with van der Waals surface area (Å²) in [6.45, 7) is 4.51. The molecule has 2 aromatic rings. The monoisotopic (exact) mass is 202 g/mol. The average Bonchev–Trinajstić information content (AvgIpc) is 2.66. The Labute approximate surface area is 88.5 Å². The molecule has 0 atom stereocenters. The lowest BCUT2D eigenvalue weighted by Crippen LogP contribution is -1.98. The summed E-state index contributed by atoms with van der Waals surface area (Å²) >= 11 is 0. The molecule has 0 bridgehead atoms. The van der Waals surface area contributed by atoms with Crippen LogP contribution in [0.3, 0.4) is 0 Å². The molecule has 0 aliphatic carbocycles. The topological polar surface area (TPSA) is 67.6 Å². The number of hydrogen-bond donors (Lipinski definition) is 2. The van der Waals surface area contributed by atoms with Crippen molar-refractivity contribution in [3.63, 3.8) is 0 Å². The van der Waals surface area contributed by atoms with Crippen LogP contribution in [0.2, 0.25) is 0 Å². The molecule has 78 valence electrons. The Morgan fingerprint density at radius 3 is 2.73 bits per heavy atom. The minimum absolute atomic E-state index is 0.387. The van der Waals surface area contributed by atoms with E-state index in [0.717, 1.165) is 5.56 Å². The number of hydrogen-bond acceptors (Lipinski definition) is 3. The minimum atomic E-state index is 0.387. The molecule has 0 radical (unpaired) electrons. The Hall–Kier alpha value is -1.68. The van der Waals surface area contributed by atoms with E-state index >= 15 is 0 Å². The largest absolute Gasteiger partial charge is 0.324 e. The van der Waals surface area contributed by atoms with Crippen molar-refractivity contribution in [3.8, 4) is 11.4 Å². The van der Waals surface area contributed by atoms with E-state index in [9.17, 15) is 0 Å². The maximum Gasteiger partial charge on any atom is 0.181 e. The van der Waals surface area contributed by atoms with Gasteiger partial charge < -0.3 is 5.73 Å². The van der Waals surface area contributed by atoms with Gasteiger partial charge in [0.15, 0.2) is 5.82 Å². The quantitative estimate of drug-likeness (QED) is 0.776. The molecule has 3 N–H and O–H groups in total. The summed E-state index contributed by atoms with van der Waals surface area (Å²) in [4.78, 5) is 4.30. The number of aromatic nitrogens is 3. The van der Waals surface area contributed by atoms with Gasteiger partial charge in [-0.05, 0) is 19.4 Å². The van der Waals surface area contributed by atoms with Crippen LogP contribution in [0.5, 0.6) is 0 Å². The molecule has 0 unspecified atom stereocenters. The third-order valence-electron chi connectivity index (χ3n) is 2.35. The lowest BCUT2D eigenvalue weighted by Gasteiger charge is -2.01. The molecule has 0 aliphatic rings. The molecule has 0 spiro atoms. The molecular formula is C11H14N4. The zero-order valence-corrected chi connectivity index (χ0v) is 8.91. The van der Waals surface area contributed by atoms with E-state index in [0.29, 0.717) is 18.2 Å². The maximum atomic E-state index is 5.47. The second kappa shape index (κ2) is 3.82. The fourth-order valence-electron chi connectivity index (χ4n) is 1.57. The highest BCUT2D eigenvalue weighted by Crippen LogP contribution is 2.20. The van der Waals surface area contributed by atoms with Gasteiger partial charge in [-0.2, -0.15) is 5.10 Å². The number of rotatable bonds is 2. The van der Waals surface area contributed by atoms with Gasteiger partial charge in [-0.1, -0.05) is 23.8 Å². The van der Waals surface area contributed by atoms with Crippen LogP contribution < -0.4 is 5.73 Å². The first-order valence-corrected chi connectivity index (χ1v) is 4.89. The summed E-state index contributed by atoms with van der Waals surface area (Å²) < 4.78 is 0. The Morgan fingerprint density at radius 1 is 1.33 bits per heavy atom. The standard InChI is InChI=1S/C11H14N4/c1-7-3-4-9(8(2)5-7)11-13-10(6-12)14-15-11/h3-5H,6,12H2,1-2H3,(H,13,14,15). The van der Waals surface area contributed by atoms with E-state index in [1.165, 1.54) is 11.1 Å². The first kappa shape index (κ1) is 9.86. The summed E-state index contributed by atoms with van der Waals surface area (Å²) in [5, 5.41) is 6.94. The molecule has 2 rings (SSSR count). The summed E-state index contributed by atoms with van der Waals surface area (Å²) in [6.07, 6.45) is 0. The van der Waals surface area contributed by atoms with Gasteiger partial charge in [0.2, 0.25) is 0 Å². The first-order chi connectivity index (χ1) is 7.20. The van der Waals surface area contributed by atoms with Crippen molar-refractivity contribution in [2.24, 2.45) is 5.73 Å². The summed E-state index contributed by atoms with van der Waals surface area (Å²) in [7, 11) is 0. The predicted octanol–water partition coefficient (Wildman–Crippen LogP) is 1.55. The molecule has 0 saturated heterocycles. The average molecular weight is 202 g/mol. The molecule has 4 heteroatoms. The zero-order valence-electron chi connectivity index (χ0n) is 8.91. The highest BCUT2D eigenvalue weighted by Gasteiger charge is 2.07. The lowest BCUT2D eigenvalue weighted by atomic mass is 10.1. The van der Waals surface area contributed by atoms with E-state index in [1.807, 2.05) is 6.07 Å². The highest BCUT2D eigenvalue weighted by atomic mass is 15.2. The van der Waals surface area contributed by atoms with E-state index < -0.39 is 0 Å². The van der Waals surface area contributed by atoms with E-state index in [-0.39, 0.29) is 0 Å². The number of nitrogens with one attached hydrogen (secondary N) is 1. The summed E-state index contributed by atoms with van der Waals surface area (Å²) in [5.74, 6) is 1.43. The zero-order chi connectivity index (χ0) is 10.8. The normalized spacial score (nSPS) is 10.6. The van der Waals surface area contributed by atoms with Gasteiger partial charge in [0, 0.05) is 5.56 Å². The van der Waals surface area contributed by atoms with Crippen LogP contribution in [0, 0.1) is 13.8 Å². The predicted molar refractivity (Wildman–Crippen MR) is 59.2 cm³/mol. The van der Waals surface area contributed by atoms with Gasteiger partial charge >= 0.3 is 0 Å². The Bertz CT molecular complexity index is 473. The number of H-pyrrole nitrogens is 1. The fourth-order valence-corrected chi connectivity index (χ4v) is 1.57. The number of aromatic amines is 1. The molecule has 1 aromatic heterocycles. The highest BCUT2D eigenvalue weighted by molar-refractivity contribution is 5.60.